The number of benzene rings is 1. The third-order valence-electron chi connectivity index (χ3n) is 2.78. The molecule has 0 radical (unpaired) electrons. The van der Waals surface area contributed by atoms with Crippen molar-refractivity contribution >= 4 is 29.8 Å². The van der Waals surface area contributed by atoms with Gasteiger partial charge in [-0.2, -0.15) is 0 Å². The Balaban J connectivity index is 2.39. The molecule has 1 saturated carbocycles. The molecule has 8 heteroatoms. The van der Waals surface area contributed by atoms with Crippen LogP contribution in [0.25, 0.3) is 0 Å². The third-order valence-corrected chi connectivity index (χ3v) is 5.77. The molecule has 5 nitrogen and oxygen atoms in total. The molecule has 100 valence electrons. The number of halogens is 1. The van der Waals surface area contributed by atoms with Crippen molar-refractivity contribution < 1.29 is 16.8 Å². The predicted molar refractivity (Wildman–Crippen MR) is 67.4 cm³/mol. The van der Waals surface area contributed by atoms with Crippen molar-refractivity contribution in [3.05, 3.63) is 24.3 Å². The van der Waals surface area contributed by atoms with E-state index in [1.54, 1.807) is 6.92 Å². The highest BCUT2D eigenvalue weighted by Gasteiger charge is 2.41. The van der Waals surface area contributed by atoms with E-state index in [0.717, 1.165) is 18.9 Å². The van der Waals surface area contributed by atoms with Crippen LogP contribution in [0.2, 0.25) is 0 Å². The lowest BCUT2D eigenvalue weighted by molar-refractivity contribution is 0.558. The molecule has 1 aromatic carbocycles. The molecule has 2 rings (SSSR count). The molecule has 0 unspecified atom stereocenters. The minimum absolute atomic E-state index is 0.0997. The summed E-state index contributed by atoms with van der Waals surface area (Å²) in [4.78, 5) is -0.328. The average Bonchev–Trinajstić information content (AvgIpc) is 2.94. The standard InChI is InChI=1S/C10H12ClNO4S2/c1-10(5-6-10)12-18(15,16)9-4-2-3-8(7-9)17(11,13)14/h2-4,7,12H,5-6H2,1H3. The van der Waals surface area contributed by atoms with Crippen LogP contribution in [0.4, 0.5) is 0 Å². The Labute approximate surface area is 111 Å². The highest BCUT2D eigenvalue weighted by Crippen LogP contribution is 2.36. The van der Waals surface area contributed by atoms with Gasteiger partial charge in [-0.05, 0) is 38.0 Å². The monoisotopic (exact) mass is 309 g/mol. The van der Waals surface area contributed by atoms with Gasteiger partial charge in [0.1, 0.15) is 0 Å². The summed E-state index contributed by atoms with van der Waals surface area (Å²) in [5.41, 5.74) is -0.408. The molecule has 1 aliphatic carbocycles. The molecule has 1 aromatic rings. The summed E-state index contributed by atoms with van der Waals surface area (Å²) in [7, 11) is -2.46. The first-order valence-corrected chi connectivity index (χ1v) is 9.00. The molecule has 0 heterocycles. The summed E-state index contributed by atoms with van der Waals surface area (Å²) in [5.74, 6) is 0. The molecule has 0 aliphatic heterocycles. The Morgan fingerprint density at radius 2 is 1.72 bits per heavy atom. The van der Waals surface area contributed by atoms with Crippen LogP contribution < -0.4 is 4.72 Å². The smallest absolute Gasteiger partial charge is 0.207 e. The molecule has 18 heavy (non-hydrogen) atoms. The second-order valence-corrected chi connectivity index (χ2v) is 8.83. The normalized spacial score (nSPS) is 18.6. The third kappa shape index (κ3) is 3.03. The SMILES string of the molecule is CC1(NS(=O)(=O)c2cccc(S(=O)(=O)Cl)c2)CC1. The number of sulfonamides is 1. The van der Waals surface area contributed by atoms with Crippen molar-refractivity contribution in [3.63, 3.8) is 0 Å². The highest BCUT2D eigenvalue weighted by atomic mass is 35.7. The van der Waals surface area contributed by atoms with Crippen molar-refractivity contribution in [2.24, 2.45) is 0 Å². The summed E-state index contributed by atoms with van der Waals surface area (Å²) < 4.78 is 48.9. The van der Waals surface area contributed by atoms with Crippen LogP contribution in [-0.2, 0) is 19.1 Å². The lowest BCUT2D eigenvalue weighted by Crippen LogP contribution is -2.34. The molecule has 0 spiro atoms. The first kappa shape index (κ1) is 13.8. The Hall–Kier alpha value is -0.630. The van der Waals surface area contributed by atoms with Gasteiger partial charge in [0.15, 0.2) is 0 Å². The van der Waals surface area contributed by atoms with Gasteiger partial charge in [0.25, 0.3) is 9.05 Å². The van der Waals surface area contributed by atoms with Crippen molar-refractivity contribution in [2.45, 2.75) is 35.1 Å². The molecule has 0 saturated heterocycles. The summed E-state index contributed by atoms with van der Waals surface area (Å²) in [6, 6.07) is 4.98. The summed E-state index contributed by atoms with van der Waals surface area (Å²) in [6.07, 6.45) is 1.56. The lowest BCUT2D eigenvalue weighted by Gasteiger charge is -2.12. The van der Waals surface area contributed by atoms with E-state index in [1.807, 2.05) is 0 Å². The van der Waals surface area contributed by atoms with Crippen LogP contribution in [0.3, 0.4) is 0 Å². The highest BCUT2D eigenvalue weighted by molar-refractivity contribution is 8.13. The van der Waals surface area contributed by atoms with Gasteiger partial charge in [-0.25, -0.2) is 21.6 Å². The van der Waals surface area contributed by atoms with Crippen LogP contribution in [-0.4, -0.2) is 22.4 Å². The Morgan fingerprint density at radius 1 is 1.17 bits per heavy atom. The maximum Gasteiger partial charge on any atom is 0.261 e. The molecular formula is C10H12ClNO4S2. The first-order chi connectivity index (χ1) is 8.12. The van der Waals surface area contributed by atoms with Crippen LogP contribution in [0.1, 0.15) is 19.8 Å². The maximum absolute atomic E-state index is 12.0. The number of rotatable bonds is 4. The van der Waals surface area contributed by atoms with Gasteiger partial charge in [0, 0.05) is 16.2 Å². The molecule has 1 aliphatic rings. The molecule has 0 atom stereocenters. The quantitative estimate of drug-likeness (QED) is 0.854. The lowest BCUT2D eigenvalue weighted by atomic mass is 10.4. The first-order valence-electron chi connectivity index (χ1n) is 5.21. The minimum atomic E-state index is -3.93. The van der Waals surface area contributed by atoms with Crippen molar-refractivity contribution in [1.82, 2.24) is 4.72 Å². The van der Waals surface area contributed by atoms with Crippen LogP contribution in [0.5, 0.6) is 0 Å². The van der Waals surface area contributed by atoms with Crippen molar-refractivity contribution in [3.8, 4) is 0 Å². The average molecular weight is 310 g/mol. The molecule has 1 N–H and O–H groups in total. The van der Waals surface area contributed by atoms with E-state index in [2.05, 4.69) is 4.72 Å². The second kappa shape index (κ2) is 4.19. The van der Waals surface area contributed by atoms with E-state index < -0.39 is 24.6 Å². The number of nitrogens with one attached hydrogen (secondary N) is 1. The van der Waals surface area contributed by atoms with Gasteiger partial charge < -0.3 is 0 Å². The Kier molecular flexibility index (Phi) is 3.21. The molecule has 0 amide bonds. The van der Waals surface area contributed by atoms with E-state index in [1.165, 1.54) is 18.2 Å². The summed E-state index contributed by atoms with van der Waals surface area (Å²) in [6.45, 7) is 1.80. The second-order valence-electron chi connectivity index (χ2n) is 4.58. The van der Waals surface area contributed by atoms with Crippen LogP contribution in [0, 0.1) is 0 Å². The van der Waals surface area contributed by atoms with Crippen molar-refractivity contribution in [1.29, 1.82) is 0 Å². The fraction of sp³-hybridized carbons (Fsp3) is 0.400. The van der Waals surface area contributed by atoms with Crippen molar-refractivity contribution in [2.75, 3.05) is 0 Å². The van der Waals surface area contributed by atoms with E-state index in [0.29, 0.717) is 0 Å². The van der Waals surface area contributed by atoms with E-state index >= 15 is 0 Å². The minimum Gasteiger partial charge on any atom is -0.207 e. The van der Waals surface area contributed by atoms with Gasteiger partial charge in [0.2, 0.25) is 10.0 Å². The fourth-order valence-corrected chi connectivity index (χ4v) is 3.85. The van der Waals surface area contributed by atoms with E-state index in [4.69, 9.17) is 10.7 Å². The van der Waals surface area contributed by atoms with E-state index in [9.17, 15) is 16.8 Å². The molecule has 1 fully saturated rings. The molecule has 0 aromatic heterocycles. The zero-order valence-corrected chi connectivity index (χ0v) is 11.9. The maximum atomic E-state index is 12.0. The van der Waals surface area contributed by atoms with Gasteiger partial charge >= 0.3 is 0 Å². The zero-order valence-electron chi connectivity index (χ0n) is 9.55. The predicted octanol–water partition coefficient (Wildman–Crippen LogP) is 1.44. The largest absolute Gasteiger partial charge is 0.261 e. The Morgan fingerprint density at radius 3 is 2.22 bits per heavy atom. The summed E-state index contributed by atoms with van der Waals surface area (Å²) >= 11 is 0. The number of hydrogen-bond donors (Lipinski definition) is 1. The van der Waals surface area contributed by atoms with Gasteiger partial charge in [0.05, 0.1) is 9.79 Å². The summed E-state index contributed by atoms with van der Waals surface area (Å²) in [5, 5.41) is 0. The van der Waals surface area contributed by atoms with Gasteiger partial charge in [-0.15, -0.1) is 0 Å². The Bertz CT molecular complexity index is 678. The molecular weight excluding hydrogens is 298 g/mol. The molecule has 0 bridgehead atoms. The zero-order chi connectivity index (χ0) is 13.6. The topological polar surface area (TPSA) is 80.3 Å². The number of hydrogen-bond acceptors (Lipinski definition) is 4. The van der Waals surface area contributed by atoms with Gasteiger partial charge in [-0.1, -0.05) is 6.07 Å². The fourth-order valence-electron chi connectivity index (χ4n) is 1.47. The van der Waals surface area contributed by atoms with Crippen LogP contribution >= 0.6 is 10.7 Å². The van der Waals surface area contributed by atoms with Crippen LogP contribution in [0.15, 0.2) is 34.1 Å². The van der Waals surface area contributed by atoms with Gasteiger partial charge in [-0.3, -0.25) is 0 Å². The van der Waals surface area contributed by atoms with E-state index in [-0.39, 0.29) is 9.79 Å².